The quantitative estimate of drug-likeness (QED) is 0.475. The number of aryl methyl sites for hydroxylation is 1. The zero-order chi connectivity index (χ0) is 21.7. The third-order valence-corrected chi connectivity index (χ3v) is 6.25. The Kier molecular flexibility index (Phi) is 4.36. The van der Waals surface area contributed by atoms with E-state index in [4.69, 9.17) is 9.84 Å². The van der Waals surface area contributed by atoms with Crippen LogP contribution in [0.25, 0.3) is 39.1 Å². The molecule has 1 aliphatic heterocycles. The van der Waals surface area contributed by atoms with Gasteiger partial charge in [0.15, 0.2) is 0 Å². The summed E-state index contributed by atoms with van der Waals surface area (Å²) in [4.78, 5) is 13.1. The lowest BCUT2D eigenvalue weighted by Gasteiger charge is -2.19. The molecule has 0 aliphatic carbocycles. The maximum absolute atomic E-state index is 13.1. The summed E-state index contributed by atoms with van der Waals surface area (Å²) in [5.74, 6) is 0.890. The van der Waals surface area contributed by atoms with Crippen molar-refractivity contribution in [1.29, 1.82) is 0 Å². The summed E-state index contributed by atoms with van der Waals surface area (Å²) in [6.07, 6.45) is 1.90. The van der Waals surface area contributed by atoms with E-state index in [9.17, 15) is 4.79 Å². The van der Waals surface area contributed by atoms with Crippen molar-refractivity contribution in [3.05, 3.63) is 64.6 Å². The van der Waals surface area contributed by atoms with Crippen LogP contribution < -0.4 is 5.56 Å². The van der Waals surface area contributed by atoms with E-state index in [2.05, 4.69) is 20.6 Å². The molecule has 6 rings (SSSR count). The lowest BCUT2D eigenvalue weighted by atomic mass is 9.97. The second kappa shape index (κ2) is 7.38. The molecule has 1 N–H and O–H groups in total. The lowest BCUT2D eigenvalue weighted by molar-refractivity contribution is 0.0844. The molecule has 9 heteroatoms. The molecule has 0 amide bonds. The first kappa shape index (κ1) is 18.9. The van der Waals surface area contributed by atoms with Gasteiger partial charge in [0.1, 0.15) is 5.65 Å². The van der Waals surface area contributed by atoms with Crippen molar-refractivity contribution in [3.8, 4) is 22.5 Å². The SMILES string of the molecule is Cn1c(=O)c2ccc(-c3cccc(-c4nn[nH]n4)c3)cc2n2nc(C3CCOCC3)cc12. The van der Waals surface area contributed by atoms with Gasteiger partial charge in [0, 0.05) is 37.8 Å². The first-order valence-electron chi connectivity index (χ1n) is 10.6. The molecule has 9 nitrogen and oxygen atoms in total. The number of ether oxygens (including phenoxy) is 1. The number of rotatable bonds is 3. The molecule has 1 saturated heterocycles. The van der Waals surface area contributed by atoms with E-state index in [-0.39, 0.29) is 5.56 Å². The first-order chi connectivity index (χ1) is 15.7. The zero-order valence-electron chi connectivity index (χ0n) is 17.5. The minimum atomic E-state index is -0.0296. The second-order valence-corrected chi connectivity index (χ2v) is 8.14. The van der Waals surface area contributed by atoms with Crippen molar-refractivity contribution >= 4 is 16.6 Å². The topological polar surface area (TPSA) is 103 Å². The highest BCUT2D eigenvalue weighted by atomic mass is 16.5. The fourth-order valence-electron chi connectivity index (χ4n) is 4.47. The van der Waals surface area contributed by atoms with Crippen molar-refractivity contribution in [2.75, 3.05) is 13.2 Å². The number of nitrogens with one attached hydrogen (secondary N) is 1. The number of aromatic nitrogens is 7. The second-order valence-electron chi connectivity index (χ2n) is 8.14. The standard InChI is InChI=1S/C23H21N7O2/c1-29-21-13-19(14-7-9-32-10-8-14)26-30(21)20-12-16(5-6-18(20)23(29)31)15-3-2-4-17(11-15)22-24-27-28-25-22/h2-6,11-14H,7-10H2,1H3,(H,24,25,27,28). The molecule has 160 valence electrons. The number of H-pyrrole nitrogens is 1. The third-order valence-electron chi connectivity index (χ3n) is 6.25. The van der Waals surface area contributed by atoms with Gasteiger partial charge in [-0.3, -0.25) is 9.36 Å². The molecule has 3 aromatic heterocycles. The highest BCUT2D eigenvalue weighted by molar-refractivity contribution is 5.86. The Morgan fingerprint density at radius 1 is 1.03 bits per heavy atom. The van der Waals surface area contributed by atoms with Crippen molar-refractivity contribution in [2.24, 2.45) is 7.05 Å². The normalized spacial score (nSPS) is 15.0. The van der Waals surface area contributed by atoms with Crippen LogP contribution in [-0.4, -0.2) is 48.0 Å². The molecule has 1 aliphatic rings. The summed E-state index contributed by atoms with van der Waals surface area (Å²) in [7, 11) is 1.80. The summed E-state index contributed by atoms with van der Waals surface area (Å²) in [6.45, 7) is 1.50. The van der Waals surface area contributed by atoms with Crippen molar-refractivity contribution in [3.63, 3.8) is 0 Å². The molecule has 0 spiro atoms. The number of benzene rings is 2. The van der Waals surface area contributed by atoms with E-state index >= 15 is 0 Å². The molecule has 1 fully saturated rings. The van der Waals surface area contributed by atoms with Gasteiger partial charge < -0.3 is 4.74 Å². The van der Waals surface area contributed by atoms with Crippen LogP contribution in [0.4, 0.5) is 0 Å². The number of nitrogens with zero attached hydrogens (tertiary/aromatic N) is 6. The number of hydrogen-bond donors (Lipinski definition) is 1. The zero-order valence-corrected chi connectivity index (χ0v) is 17.5. The smallest absolute Gasteiger partial charge is 0.261 e. The minimum absolute atomic E-state index is 0.0296. The van der Waals surface area contributed by atoms with Gasteiger partial charge in [0.2, 0.25) is 5.82 Å². The number of tetrazole rings is 1. The molecule has 4 heterocycles. The molecule has 2 aromatic carbocycles. The molecule has 32 heavy (non-hydrogen) atoms. The van der Waals surface area contributed by atoms with E-state index in [1.807, 2.05) is 53.0 Å². The van der Waals surface area contributed by atoms with Crippen LogP contribution in [0.15, 0.2) is 53.3 Å². The third kappa shape index (κ3) is 3.01. The summed E-state index contributed by atoms with van der Waals surface area (Å²) < 4.78 is 9.08. The first-order valence-corrected chi connectivity index (χ1v) is 10.6. The Bertz CT molecular complexity index is 1490. The van der Waals surface area contributed by atoms with Crippen LogP contribution in [0, 0.1) is 0 Å². The Balaban J connectivity index is 1.53. The van der Waals surface area contributed by atoms with Crippen LogP contribution in [0.2, 0.25) is 0 Å². The maximum Gasteiger partial charge on any atom is 0.261 e. The summed E-state index contributed by atoms with van der Waals surface area (Å²) in [6, 6.07) is 15.9. The fourth-order valence-corrected chi connectivity index (χ4v) is 4.47. The maximum atomic E-state index is 13.1. The Labute approximate surface area is 182 Å². The summed E-state index contributed by atoms with van der Waals surface area (Å²) in [5, 5.41) is 19.8. The van der Waals surface area contributed by atoms with Crippen molar-refractivity contribution in [2.45, 2.75) is 18.8 Å². The van der Waals surface area contributed by atoms with Crippen molar-refractivity contribution in [1.82, 2.24) is 34.8 Å². The predicted octanol–water partition coefficient (Wildman–Crippen LogP) is 2.93. The van der Waals surface area contributed by atoms with Gasteiger partial charge >= 0.3 is 0 Å². The molecular formula is C23H21N7O2. The molecule has 0 saturated carbocycles. The molecule has 0 radical (unpaired) electrons. The van der Waals surface area contributed by atoms with E-state index in [1.54, 1.807) is 11.6 Å². The van der Waals surface area contributed by atoms with E-state index < -0.39 is 0 Å². The van der Waals surface area contributed by atoms with Gasteiger partial charge in [-0.2, -0.15) is 10.3 Å². The fraction of sp³-hybridized carbons (Fsp3) is 0.261. The number of fused-ring (bicyclic) bond motifs is 3. The van der Waals surface area contributed by atoms with Gasteiger partial charge in [0.05, 0.1) is 16.6 Å². The van der Waals surface area contributed by atoms with Gasteiger partial charge in [-0.25, -0.2) is 4.52 Å². The monoisotopic (exact) mass is 427 g/mol. The number of aromatic amines is 1. The van der Waals surface area contributed by atoms with E-state index in [0.29, 0.717) is 17.1 Å². The van der Waals surface area contributed by atoms with Gasteiger partial charge in [-0.1, -0.05) is 24.3 Å². The molecule has 0 unspecified atom stereocenters. The molecular weight excluding hydrogens is 406 g/mol. The minimum Gasteiger partial charge on any atom is -0.381 e. The van der Waals surface area contributed by atoms with Gasteiger partial charge in [-0.15, -0.1) is 10.2 Å². The lowest BCUT2D eigenvalue weighted by Crippen LogP contribution is -2.19. The Morgan fingerprint density at radius 2 is 1.84 bits per heavy atom. The summed E-state index contributed by atoms with van der Waals surface area (Å²) in [5.41, 5.74) is 5.43. The van der Waals surface area contributed by atoms with Crippen LogP contribution >= 0.6 is 0 Å². The largest absolute Gasteiger partial charge is 0.381 e. The average molecular weight is 427 g/mol. The summed E-state index contributed by atoms with van der Waals surface area (Å²) >= 11 is 0. The van der Waals surface area contributed by atoms with Crippen LogP contribution in [-0.2, 0) is 11.8 Å². The average Bonchev–Trinajstić information content (AvgIpc) is 3.54. The van der Waals surface area contributed by atoms with Crippen LogP contribution in [0.1, 0.15) is 24.5 Å². The van der Waals surface area contributed by atoms with Gasteiger partial charge in [-0.05, 0) is 47.4 Å². The van der Waals surface area contributed by atoms with Crippen molar-refractivity contribution < 1.29 is 4.74 Å². The Morgan fingerprint density at radius 3 is 2.66 bits per heavy atom. The van der Waals surface area contributed by atoms with Gasteiger partial charge in [0.25, 0.3) is 5.56 Å². The van der Waals surface area contributed by atoms with Crippen LogP contribution in [0.5, 0.6) is 0 Å². The van der Waals surface area contributed by atoms with Crippen LogP contribution in [0.3, 0.4) is 0 Å². The highest BCUT2D eigenvalue weighted by Crippen LogP contribution is 2.29. The molecule has 0 bridgehead atoms. The number of hydrogen-bond acceptors (Lipinski definition) is 6. The Hall–Kier alpha value is -3.85. The van der Waals surface area contributed by atoms with E-state index in [1.165, 1.54) is 0 Å². The molecule has 5 aromatic rings. The highest BCUT2D eigenvalue weighted by Gasteiger charge is 2.21. The van der Waals surface area contributed by atoms with E-state index in [0.717, 1.165) is 59.6 Å². The predicted molar refractivity (Wildman–Crippen MR) is 119 cm³/mol. The molecule has 0 atom stereocenters.